The second-order valence-corrected chi connectivity index (χ2v) is 7.59. The Labute approximate surface area is 135 Å². The summed E-state index contributed by atoms with van der Waals surface area (Å²) in [6.07, 6.45) is 9.67. The Morgan fingerprint density at radius 1 is 1.05 bits per heavy atom. The highest BCUT2D eigenvalue weighted by molar-refractivity contribution is 7.80. The molecule has 0 spiro atoms. The molecule has 0 bridgehead atoms. The molecule has 0 atom stereocenters. The van der Waals surface area contributed by atoms with E-state index in [-0.39, 0.29) is 0 Å². The summed E-state index contributed by atoms with van der Waals surface area (Å²) in [5.74, 6) is 1.97. The normalized spacial score (nSPS) is 23.5. The minimum absolute atomic E-state index is 0.537. The third-order valence-corrected chi connectivity index (χ3v) is 6.30. The fraction of sp³-hybridized carbons (Fsp3) is 0.684. The first-order valence-electron chi connectivity index (χ1n) is 8.67. The Balaban J connectivity index is 1.47. The lowest BCUT2D eigenvalue weighted by molar-refractivity contribution is 0.124. The number of benzene rings is 1. The summed E-state index contributed by atoms with van der Waals surface area (Å²) in [4.78, 5) is 2.73. The van der Waals surface area contributed by atoms with Gasteiger partial charge in [-0.1, -0.05) is 43.2 Å². The molecule has 1 aliphatic carbocycles. The van der Waals surface area contributed by atoms with Crippen molar-refractivity contribution in [3.63, 3.8) is 0 Å². The molecule has 0 aromatic heterocycles. The van der Waals surface area contributed by atoms with Gasteiger partial charge in [-0.05, 0) is 67.8 Å². The monoisotopic (exact) mass is 303 g/mol. The van der Waals surface area contributed by atoms with Gasteiger partial charge in [0.05, 0.1) is 0 Å². The van der Waals surface area contributed by atoms with Crippen LogP contribution in [0.3, 0.4) is 0 Å². The van der Waals surface area contributed by atoms with E-state index in [0.29, 0.717) is 5.41 Å². The van der Waals surface area contributed by atoms with Crippen LogP contribution in [0.15, 0.2) is 30.3 Å². The molecule has 1 saturated carbocycles. The van der Waals surface area contributed by atoms with Gasteiger partial charge in [0, 0.05) is 6.54 Å². The zero-order valence-electron chi connectivity index (χ0n) is 13.1. The molecule has 3 rings (SSSR count). The van der Waals surface area contributed by atoms with Crippen LogP contribution in [0.5, 0.6) is 0 Å². The minimum atomic E-state index is 0.537. The van der Waals surface area contributed by atoms with Crippen LogP contribution in [0.2, 0.25) is 0 Å². The second-order valence-electron chi connectivity index (χ2n) is 7.27. The van der Waals surface area contributed by atoms with Gasteiger partial charge >= 0.3 is 0 Å². The minimum Gasteiger partial charge on any atom is -0.303 e. The van der Waals surface area contributed by atoms with E-state index in [1.165, 1.54) is 70.1 Å². The van der Waals surface area contributed by atoms with E-state index >= 15 is 0 Å². The number of hydrogen-bond donors (Lipinski definition) is 1. The first-order valence-corrected chi connectivity index (χ1v) is 9.30. The van der Waals surface area contributed by atoms with E-state index in [0.717, 1.165) is 11.7 Å². The number of rotatable bonds is 5. The Morgan fingerprint density at radius 2 is 1.71 bits per heavy atom. The quantitative estimate of drug-likeness (QED) is 0.788. The predicted octanol–water partition coefficient (Wildman–Crippen LogP) is 4.43. The fourth-order valence-electron chi connectivity index (χ4n) is 4.26. The zero-order valence-corrected chi connectivity index (χ0v) is 14.0. The lowest BCUT2D eigenvalue weighted by Gasteiger charge is -2.38. The van der Waals surface area contributed by atoms with Gasteiger partial charge in [-0.15, -0.1) is 0 Å². The molecule has 2 aliphatic rings. The highest BCUT2D eigenvalue weighted by Crippen LogP contribution is 2.40. The Bertz CT molecular complexity index is 416. The molecule has 0 radical (unpaired) electrons. The Morgan fingerprint density at radius 3 is 2.33 bits per heavy atom. The summed E-state index contributed by atoms with van der Waals surface area (Å²) in [6, 6.07) is 11.0. The molecule has 1 aromatic rings. The maximum Gasteiger partial charge on any atom is 0.00458 e. The standard InChI is InChI=1S/C19H29NS/c21-16-19(10-4-5-11-19)15-20-12-8-18(9-13-20)14-17-6-2-1-3-7-17/h1-3,6-7,18,21H,4-5,8-16H2. The molecule has 2 fully saturated rings. The molecule has 1 heterocycles. The van der Waals surface area contributed by atoms with Crippen LogP contribution in [-0.2, 0) is 6.42 Å². The molecule has 2 heteroatoms. The van der Waals surface area contributed by atoms with Gasteiger partial charge in [0.1, 0.15) is 0 Å². The fourth-order valence-corrected chi connectivity index (χ4v) is 4.68. The van der Waals surface area contributed by atoms with Crippen LogP contribution in [-0.4, -0.2) is 30.3 Å². The van der Waals surface area contributed by atoms with Gasteiger partial charge in [-0.3, -0.25) is 0 Å². The number of likely N-dealkylation sites (tertiary alicyclic amines) is 1. The van der Waals surface area contributed by atoms with Gasteiger partial charge < -0.3 is 4.90 Å². The van der Waals surface area contributed by atoms with Crippen LogP contribution in [0.25, 0.3) is 0 Å². The van der Waals surface area contributed by atoms with Crippen LogP contribution in [0, 0.1) is 11.3 Å². The average Bonchev–Trinajstić information content (AvgIpc) is 2.99. The van der Waals surface area contributed by atoms with Crippen LogP contribution in [0.4, 0.5) is 0 Å². The second kappa shape index (κ2) is 7.19. The van der Waals surface area contributed by atoms with Gasteiger partial charge in [0.2, 0.25) is 0 Å². The van der Waals surface area contributed by atoms with E-state index in [1.807, 2.05) is 0 Å². The molecule has 0 N–H and O–H groups in total. The van der Waals surface area contributed by atoms with E-state index in [9.17, 15) is 0 Å². The maximum absolute atomic E-state index is 4.66. The third-order valence-electron chi connectivity index (χ3n) is 5.63. The number of thiol groups is 1. The first kappa shape index (κ1) is 15.4. The van der Waals surface area contributed by atoms with Gasteiger partial charge in [0.25, 0.3) is 0 Å². The van der Waals surface area contributed by atoms with Crippen molar-refractivity contribution in [2.75, 3.05) is 25.4 Å². The molecule has 0 unspecified atom stereocenters. The van der Waals surface area contributed by atoms with Crippen LogP contribution < -0.4 is 0 Å². The largest absolute Gasteiger partial charge is 0.303 e. The average molecular weight is 304 g/mol. The third kappa shape index (κ3) is 4.04. The molecular weight excluding hydrogens is 274 g/mol. The van der Waals surface area contributed by atoms with Crippen LogP contribution >= 0.6 is 12.6 Å². The lowest BCUT2D eigenvalue weighted by atomic mass is 9.85. The molecule has 1 nitrogen and oxygen atoms in total. The Kier molecular flexibility index (Phi) is 5.29. The van der Waals surface area contributed by atoms with Crippen LogP contribution in [0.1, 0.15) is 44.1 Å². The van der Waals surface area contributed by atoms with Crippen molar-refractivity contribution in [3.8, 4) is 0 Å². The summed E-state index contributed by atoms with van der Waals surface area (Å²) < 4.78 is 0. The summed E-state index contributed by atoms with van der Waals surface area (Å²) in [6.45, 7) is 3.90. The first-order chi connectivity index (χ1) is 10.3. The highest BCUT2D eigenvalue weighted by atomic mass is 32.1. The maximum atomic E-state index is 4.66. The van der Waals surface area contributed by atoms with E-state index in [4.69, 9.17) is 0 Å². The number of piperidine rings is 1. The van der Waals surface area contributed by atoms with Gasteiger partial charge in [0.15, 0.2) is 0 Å². The van der Waals surface area contributed by atoms with Crippen molar-refractivity contribution in [2.45, 2.75) is 44.9 Å². The van der Waals surface area contributed by atoms with Crippen molar-refractivity contribution in [1.29, 1.82) is 0 Å². The van der Waals surface area contributed by atoms with Crippen molar-refractivity contribution in [3.05, 3.63) is 35.9 Å². The van der Waals surface area contributed by atoms with E-state index in [2.05, 4.69) is 47.9 Å². The predicted molar refractivity (Wildman–Crippen MR) is 94.1 cm³/mol. The summed E-state index contributed by atoms with van der Waals surface area (Å²) in [5.41, 5.74) is 2.05. The summed E-state index contributed by atoms with van der Waals surface area (Å²) in [5, 5.41) is 0. The van der Waals surface area contributed by atoms with Crippen molar-refractivity contribution < 1.29 is 0 Å². The molecule has 1 aromatic carbocycles. The number of nitrogens with zero attached hydrogens (tertiary/aromatic N) is 1. The van der Waals surface area contributed by atoms with Crippen molar-refractivity contribution >= 4 is 12.6 Å². The topological polar surface area (TPSA) is 3.24 Å². The van der Waals surface area contributed by atoms with Crippen molar-refractivity contribution in [2.24, 2.45) is 11.3 Å². The molecule has 0 amide bonds. The van der Waals surface area contributed by atoms with E-state index in [1.54, 1.807) is 0 Å². The smallest absolute Gasteiger partial charge is 0.00458 e. The molecular formula is C19H29NS. The summed E-state index contributed by atoms with van der Waals surface area (Å²) in [7, 11) is 0. The molecule has 116 valence electrons. The van der Waals surface area contributed by atoms with E-state index < -0.39 is 0 Å². The zero-order chi connectivity index (χ0) is 14.5. The molecule has 21 heavy (non-hydrogen) atoms. The molecule has 1 aliphatic heterocycles. The molecule has 1 saturated heterocycles. The van der Waals surface area contributed by atoms with Gasteiger partial charge in [-0.2, -0.15) is 12.6 Å². The number of hydrogen-bond acceptors (Lipinski definition) is 2. The SMILES string of the molecule is SCC1(CN2CCC(Cc3ccccc3)CC2)CCCC1. The lowest BCUT2D eigenvalue weighted by Crippen LogP contribution is -2.42. The van der Waals surface area contributed by atoms with Crippen molar-refractivity contribution in [1.82, 2.24) is 4.90 Å². The Hall–Kier alpha value is -0.470. The highest BCUT2D eigenvalue weighted by Gasteiger charge is 2.35. The van der Waals surface area contributed by atoms with Gasteiger partial charge in [-0.25, -0.2) is 0 Å². The summed E-state index contributed by atoms with van der Waals surface area (Å²) >= 11 is 4.66.